The lowest BCUT2D eigenvalue weighted by Crippen LogP contribution is -2.34. The van der Waals surface area contributed by atoms with E-state index in [9.17, 15) is 5.11 Å². The fraction of sp³-hybridized carbons (Fsp3) is 0.625. The van der Waals surface area contributed by atoms with Gasteiger partial charge in [-0.25, -0.2) is 0 Å². The molecule has 0 fully saturated rings. The Bertz CT molecular complexity index is 337. The highest BCUT2D eigenvalue weighted by Gasteiger charge is 2.13. The van der Waals surface area contributed by atoms with Crippen molar-refractivity contribution in [3.63, 3.8) is 0 Å². The Labute approximate surface area is 116 Å². The van der Waals surface area contributed by atoms with E-state index in [-0.39, 0.29) is 6.04 Å². The van der Waals surface area contributed by atoms with Gasteiger partial charge in [0.2, 0.25) is 0 Å². The maximum absolute atomic E-state index is 9.93. The topological polar surface area (TPSA) is 55.5 Å². The van der Waals surface area contributed by atoms with E-state index in [1.807, 2.05) is 12.1 Å². The average Bonchev–Trinajstić information content (AvgIpc) is 2.43. The molecule has 0 radical (unpaired) electrons. The smallest absolute Gasteiger partial charge is 0.119 e. The Morgan fingerprint density at radius 1 is 1.11 bits per heavy atom. The maximum atomic E-state index is 9.93. The number of benzene rings is 1. The molecule has 0 aliphatic heterocycles. The predicted octanol–water partition coefficient (Wildman–Crippen LogP) is 2.90. The van der Waals surface area contributed by atoms with Crippen LogP contribution < -0.4 is 10.5 Å². The summed E-state index contributed by atoms with van der Waals surface area (Å²) in [4.78, 5) is 0. The number of hydrogen-bond acceptors (Lipinski definition) is 3. The number of aliphatic hydroxyl groups excluding tert-OH is 1. The van der Waals surface area contributed by atoms with Gasteiger partial charge in [0.15, 0.2) is 0 Å². The molecule has 0 saturated heterocycles. The normalized spacial score (nSPS) is 14.1. The van der Waals surface area contributed by atoms with E-state index in [4.69, 9.17) is 10.5 Å². The Kier molecular flexibility index (Phi) is 7.53. The Morgan fingerprint density at radius 2 is 1.79 bits per heavy atom. The third-order valence-corrected chi connectivity index (χ3v) is 3.24. The summed E-state index contributed by atoms with van der Waals surface area (Å²) in [5.74, 6) is 0.911. The molecule has 0 aliphatic rings. The average molecular weight is 265 g/mol. The number of rotatable bonds is 9. The zero-order valence-electron chi connectivity index (χ0n) is 12.1. The van der Waals surface area contributed by atoms with Gasteiger partial charge in [-0.2, -0.15) is 0 Å². The van der Waals surface area contributed by atoms with Crippen molar-refractivity contribution in [2.24, 2.45) is 5.73 Å². The van der Waals surface area contributed by atoms with Gasteiger partial charge in [0, 0.05) is 6.04 Å². The summed E-state index contributed by atoms with van der Waals surface area (Å²) < 4.78 is 5.54. The van der Waals surface area contributed by atoms with Gasteiger partial charge in [-0.3, -0.25) is 0 Å². The first-order valence-corrected chi connectivity index (χ1v) is 7.32. The molecule has 2 unspecified atom stereocenters. The van der Waals surface area contributed by atoms with Crippen molar-refractivity contribution in [2.75, 3.05) is 6.61 Å². The summed E-state index contributed by atoms with van der Waals surface area (Å²) >= 11 is 0. The minimum absolute atomic E-state index is 0.0999. The molecule has 1 aromatic rings. The summed E-state index contributed by atoms with van der Waals surface area (Å²) in [5.41, 5.74) is 7.12. The van der Waals surface area contributed by atoms with E-state index >= 15 is 0 Å². The minimum Gasteiger partial charge on any atom is -0.494 e. The van der Waals surface area contributed by atoms with Gasteiger partial charge in [0.25, 0.3) is 0 Å². The second kappa shape index (κ2) is 8.94. The molecule has 0 spiro atoms. The molecule has 0 amide bonds. The van der Waals surface area contributed by atoms with E-state index in [0.717, 1.165) is 44.5 Å². The van der Waals surface area contributed by atoms with E-state index in [1.54, 1.807) is 0 Å². The van der Waals surface area contributed by atoms with E-state index in [1.165, 1.54) is 5.56 Å². The fourth-order valence-electron chi connectivity index (χ4n) is 2.03. The molecule has 0 heterocycles. The summed E-state index contributed by atoms with van der Waals surface area (Å²) in [6.45, 7) is 4.93. The molecule has 1 rings (SSSR count). The summed E-state index contributed by atoms with van der Waals surface area (Å²) in [6.07, 6.45) is 4.08. The Balaban J connectivity index is 2.36. The lowest BCUT2D eigenvalue weighted by atomic mass is 9.99. The Morgan fingerprint density at radius 3 is 2.37 bits per heavy atom. The number of aliphatic hydroxyl groups is 1. The van der Waals surface area contributed by atoms with Crippen LogP contribution in [-0.4, -0.2) is 23.9 Å². The van der Waals surface area contributed by atoms with E-state index in [2.05, 4.69) is 26.0 Å². The first kappa shape index (κ1) is 16.0. The largest absolute Gasteiger partial charge is 0.494 e. The van der Waals surface area contributed by atoms with Gasteiger partial charge in [0.05, 0.1) is 12.7 Å². The van der Waals surface area contributed by atoms with Gasteiger partial charge in [0.1, 0.15) is 5.75 Å². The monoisotopic (exact) mass is 265 g/mol. The maximum Gasteiger partial charge on any atom is 0.119 e. The number of ether oxygens (including phenoxy) is 1. The van der Waals surface area contributed by atoms with Crippen LogP contribution in [0.2, 0.25) is 0 Å². The predicted molar refractivity (Wildman–Crippen MR) is 79.4 cm³/mol. The number of hydrogen-bond donors (Lipinski definition) is 2. The molecule has 3 nitrogen and oxygen atoms in total. The van der Waals surface area contributed by atoms with Crippen molar-refractivity contribution >= 4 is 0 Å². The molecule has 19 heavy (non-hydrogen) atoms. The standard InChI is InChI=1S/C16H27NO2/c1-3-5-15(17)16(18)11-8-13-6-9-14(10-7-13)19-12-4-2/h6-7,9-10,15-16,18H,3-5,8,11-12,17H2,1-2H3. The zero-order chi connectivity index (χ0) is 14.1. The van der Waals surface area contributed by atoms with Crippen LogP contribution in [0.15, 0.2) is 24.3 Å². The van der Waals surface area contributed by atoms with Crippen LogP contribution in [0.5, 0.6) is 5.75 Å². The van der Waals surface area contributed by atoms with Crippen LogP contribution in [0.4, 0.5) is 0 Å². The van der Waals surface area contributed by atoms with E-state index in [0.29, 0.717) is 0 Å². The van der Waals surface area contributed by atoms with Crippen LogP contribution in [0.25, 0.3) is 0 Å². The Hall–Kier alpha value is -1.06. The number of nitrogens with two attached hydrogens (primary N) is 1. The zero-order valence-corrected chi connectivity index (χ0v) is 12.1. The van der Waals surface area contributed by atoms with Gasteiger partial charge in [-0.1, -0.05) is 32.4 Å². The molecule has 0 aliphatic carbocycles. The summed E-state index contributed by atoms with van der Waals surface area (Å²) in [7, 11) is 0. The van der Waals surface area contributed by atoms with Crippen molar-refractivity contribution < 1.29 is 9.84 Å². The summed E-state index contributed by atoms with van der Waals surface area (Å²) in [6, 6.07) is 8.00. The molecule has 108 valence electrons. The van der Waals surface area contributed by atoms with Crippen LogP contribution in [0, 0.1) is 0 Å². The molecule has 3 N–H and O–H groups in total. The molecule has 0 saturated carbocycles. The van der Waals surface area contributed by atoms with Gasteiger partial charge >= 0.3 is 0 Å². The highest BCUT2D eigenvalue weighted by Crippen LogP contribution is 2.15. The lowest BCUT2D eigenvalue weighted by Gasteiger charge is -2.18. The van der Waals surface area contributed by atoms with Crippen molar-refractivity contribution in [3.05, 3.63) is 29.8 Å². The lowest BCUT2D eigenvalue weighted by molar-refractivity contribution is 0.131. The molecule has 0 aromatic heterocycles. The van der Waals surface area contributed by atoms with Crippen LogP contribution in [0.3, 0.4) is 0 Å². The van der Waals surface area contributed by atoms with Crippen molar-refractivity contribution in [1.29, 1.82) is 0 Å². The molecule has 0 bridgehead atoms. The van der Waals surface area contributed by atoms with Crippen molar-refractivity contribution in [1.82, 2.24) is 0 Å². The van der Waals surface area contributed by atoms with E-state index < -0.39 is 6.10 Å². The SMILES string of the molecule is CCCOc1ccc(CCC(O)C(N)CCC)cc1. The molecule has 2 atom stereocenters. The molecule has 1 aromatic carbocycles. The highest BCUT2D eigenvalue weighted by atomic mass is 16.5. The quantitative estimate of drug-likeness (QED) is 0.722. The first-order chi connectivity index (χ1) is 9.17. The van der Waals surface area contributed by atoms with Gasteiger partial charge in [-0.15, -0.1) is 0 Å². The van der Waals surface area contributed by atoms with Gasteiger partial charge in [-0.05, 0) is 43.4 Å². The number of aryl methyl sites for hydroxylation is 1. The summed E-state index contributed by atoms with van der Waals surface area (Å²) in [5, 5.41) is 9.93. The second-order valence-corrected chi connectivity index (χ2v) is 5.05. The van der Waals surface area contributed by atoms with Crippen LogP contribution >= 0.6 is 0 Å². The first-order valence-electron chi connectivity index (χ1n) is 7.32. The third-order valence-electron chi connectivity index (χ3n) is 3.24. The van der Waals surface area contributed by atoms with Gasteiger partial charge < -0.3 is 15.6 Å². The van der Waals surface area contributed by atoms with Crippen LogP contribution in [-0.2, 0) is 6.42 Å². The minimum atomic E-state index is -0.407. The van der Waals surface area contributed by atoms with Crippen molar-refractivity contribution in [2.45, 2.75) is 58.1 Å². The molecular weight excluding hydrogens is 238 g/mol. The van der Waals surface area contributed by atoms with Crippen molar-refractivity contribution in [3.8, 4) is 5.75 Å². The third kappa shape index (κ3) is 6.08. The fourth-order valence-corrected chi connectivity index (χ4v) is 2.03. The second-order valence-electron chi connectivity index (χ2n) is 5.05. The molecular formula is C16H27NO2. The highest BCUT2D eigenvalue weighted by molar-refractivity contribution is 5.27. The van der Waals surface area contributed by atoms with Crippen LogP contribution in [0.1, 0.15) is 45.1 Å². The molecule has 3 heteroatoms.